The Morgan fingerprint density at radius 3 is 2.82 bits per heavy atom. The number of benzene rings is 1. The molecule has 1 unspecified atom stereocenters. The zero-order valence-electron chi connectivity index (χ0n) is 9.15. The lowest BCUT2D eigenvalue weighted by atomic mass is 9.90. The van der Waals surface area contributed by atoms with Gasteiger partial charge in [-0.15, -0.1) is 11.3 Å². The van der Waals surface area contributed by atoms with Gasteiger partial charge in [-0.3, -0.25) is 0 Å². The van der Waals surface area contributed by atoms with Crippen molar-refractivity contribution in [2.45, 2.75) is 18.9 Å². The molecule has 5 heteroatoms. The first-order valence-electron chi connectivity index (χ1n) is 5.16. The second-order valence-electron chi connectivity index (χ2n) is 3.70. The molecule has 0 amide bonds. The number of nitrogens with zero attached hydrogens (tertiary/aromatic N) is 1. The zero-order chi connectivity index (χ0) is 12.5. The molecule has 1 heterocycles. The molecule has 0 saturated heterocycles. The van der Waals surface area contributed by atoms with Crippen molar-refractivity contribution >= 4 is 27.3 Å². The smallest absolute Gasteiger partial charge is 0.126 e. The van der Waals surface area contributed by atoms with Crippen LogP contribution in [0.4, 0.5) is 4.39 Å². The maximum atomic E-state index is 13.2. The Kier molecular flexibility index (Phi) is 3.61. The van der Waals surface area contributed by atoms with E-state index in [1.807, 2.05) is 6.92 Å². The van der Waals surface area contributed by atoms with Gasteiger partial charge in [-0.1, -0.05) is 19.1 Å². The van der Waals surface area contributed by atoms with Crippen molar-refractivity contribution in [1.29, 1.82) is 0 Å². The Hall–Kier alpha value is -0.780. The molecule has 1 atom stereocenters. The molecular formula is C12H11BrFNOS. The summed E-state index contributed by atoms with van der Waals surface area (Å²) in [5.41, 5.74) is 1.01. The molecule has 0 bridgehead atoms. The third kappa shape index (κ3) is 2.27. The lowest BCUT2D eigenvalue weighted by Gasteiger charge is -2.26. The number of thiazole rings is 1. The summed E-state index contributed by atoms with van der Waals surface area (Å²) in [4.78, 5) is 4.76. The molecular weight excluding hydrogens is 305 g/mol. The molecule has 0 radical (unpaired) electrons. The molecule has 1 aromatic heterocycles. The van der Waals surface area contributed by atoms with Crippen LogP contribution in [0.25, 0.3) is 0 Å². The largest absolute Gasteiger partial charge is 0.379 e. The summed E-state index contributed by atoms with van der Waals surface area (Å²) in [5, 5.41) is 10.7. The van der Waals surface area contributed by atoms with E-state index in [0.717, 1.165) is 0 Å². The van der Waals surface area contributed by atoms with Gasteiger partial charge in [0.2, 0.25) is 0 Å². The van der Waals surface area contributed by atoms with Gasteiger partial charge in [-0.2, -0.15) is 0 Å². The molecule has 1 N–H and O–H groups in total. The predicted molar refractivity (Wildman–Crippen MR) is 69.5 cm³/mol. The summed E-state index contributed by atoms with van der Waals surface area (Å²) < 4.78 is 13.8. The summed E-state index contributed by atoms with van der Waals surface area (Å²) in [5.74, 6) is -0.352. The Morgan fingerprint density at radius 2 is 2.29 bits per heavy atom. The topological polar surface area (TPSA) is 33.1 Å². The van der Waals surface area contributed by atoms with Crippen LogP contribution in [0.15, 0.2) is 34.4 Å². The fourth-order valence-corrected chi connectivity index (χ4v) is 3.46. The molecule has 0 fully saturated rings. The first-order chi connectivity index (χ1) is 8.08. The zero-order valence-corrected chi connectivity index (χ0v) is 11.6. The summed E-state index contributed by atoms with van der Waals surface area (Å²) >= 11 is 4.66. The minimum absolute atomic E-state index is 0.352. The lowest BCUT2D eigenvalue weighted by molar-refractivity contribution is 0.0791. The van der Waals surface area contributed by atoms with Gasteiger partial charge in [-0.25, -0.2) is 9.37 Å². The highest BCUT2D eigenvalue weighted by Crippen LogP contribution is 2.39. The van der Waals surface area contributed by atoms with Crippen LogP contribution in [0.1, 0.15) is 23.8 Å². The van der Waals surface area contributed by atoms with Crippen LogP contribution < -0.4 is 0 Å². The summed E-state index contributed by atoms with van der Waals surface area (Å²) in [7, 11) is 0. The summed E-state index contributed by atoms with van der Waals surface area (Å²) in [6.07, 6.45) is 0.456. The van der Waals surface area contributed by atoms with Crippen LogP contribution in [-0.2, 0) is 5.60 Å². The van der Waals surface area contributed by atoms with Crippen molar-refractivity contribution in [2.75, 3.05) is 0 Å². The molecule has 0 aliphatic carbocycles. The molecule has 0 aliphatic rings. The van der Waals surface area contributed by atoms with E-state index in [-0.39, 0.29) is 5.82 Å². The number of hydrogen-bond donors (Lipinski definition) is 1. The van der Waals surface area contributed by atoms with Crippen molar-refractivity contribution in [3.63, 3.8) is 0 Å². The van der Waals surface area contributed by atoms with Crippen LogP contribution in [0.2, 0.25) is 0 Å². The monoisotopic (exact) mass is 315 g/mol. The van der Waals surface area contributed by atoms with Crippen LogP contribution >= 0.6 is 27.3 Å². The van der Waals surface area contributed by atoms with Crippen molar-refractivity contribution < 1.29 is 9.50 Å². The van der Waals surface area contributed by atoms with E-state index in [9.17, 15) is 9.50 Å². The van der Waals surface area contributed by atoms with E-state index in [1.54, 1.807) is 17.6 Å². The number of rotatable bonds is 3. The Morgan fingerprint density at radius 1 is 1.53 bits per heavy atom. The standard InChI is InChI=1S/C12H11BrFNOS/c1-2-12(16,10-11(13)15-7-17-10)8-4-3-5-9(14)6-8/h3-7,16H,2H2,1H3. The molecule has 0 saturated carbocycles. The average Bonchev–Trinajstić information content (AvgIpc) is 2.75. The second kappa shape index (κ2) is 4.84. The van der Waals surface area contributed by atoms with Gasteiger partial charge in [0.25, 0.3) is 0 Å². The van der Waals surface area contributed by atoms with E-state index in [2.05, 4.69) is 20.9 Å². The van der Waals surface area contributed by atoms with E-state index in [1.165, 1.54) is 23.5 Å². The van der Waals surface area contributed by atoms with E-state index < -0.39 is 5.60 Å². The number of hydrogen-bond acceptors (Lipinski definition) is 3. The fourth-order valence-electron chi connectivity index (χ4n) is 1.74. The molecule has 90 valence electrons. The molecule has 0 aliphatic heterocycles. The van der Waals surface area contributed by atoms with Crippen LogP contribution in [0, 0.1) is 5.82 Å². The van der Waals surface area contributed by atoms with Gasteiger partial charge in [0.05, 0.1) is 10.4 Å². The van der Waals surface area contributed by atoms with Crippen molar-refractivity contribution in [2.24, 2.45) is 0 Å². The Bertz CT molecular complexity index is 531. The fraction of sp³-hybridized carbons (Fsp3) is 0.250. The Labute approximate surface area is 111 Å². The highest BCUT2D eigenvalue weighted by atomic mass is 79.9. The van der Waals surface area contributed by atoms with Crippen molar-refractivity contribution in [1.82, 2.24) is 4.98 Å². The van der Waals surface area contributed by atoms with E-state index in [0.29, 0.717) is 21.5 Å². The first-order valence-corrected chi connectivity index (χ1v) is 6.83. The van der Waals surface area contributed by atoms with Gasteiger partial charge in [-0.05, 0) is 40.0 Å². The minimum Gasteiger partial charge on any atom is -0.379 e. The maximum Gasteiger partial charge on any atom is 0.126 e. The molecule has 2 rings (SSSR count). The van der Waals surface area contributed by atoms with Gasteiger partial charge in [0.15, 0.2) is 0 Å². The maximum absolute atomic E-state index is 13.2. The summed E-state index contributed by atoms with van der Waals surface area (Å²) in [6.45, 7) is 1.86. The third-order valence-electron chi connectivity index (χ3n) is 2.71. The van der Waals surface area contributed by atoms with Crippen molar-refractivity contribution in [3.05, 3.63) is 50.6 Å². The highest BCUT2D eigenvalue weighted by molar-refractivity contribution is 9.10. The number of halogens is 2. The SMILES string of the molecule is CCC(O)(c1cccc(F)c1)c1scnc1Br. The lowest BCUT2D eigenvalue weighted by Crippen LogP contribution is -2.25. The van der Waals surface area contributed by atoms with Gasteiger partial charge >= 0.3 is 0 Å². The predicted octanol–water partition coefficient (Wildman–Crippen LogP) is 3.69. The van der Waals surface area contributed by atoms with Gasteiger partial charge < -0.3 is 5.11 Å². The molecule has 0 spiro atoms. The highest BCUT2D eigenvalue weighted by Gasteiger charge is 2.33. The number of aromatic nitrogens is 1. The molecule has 1 aromatic carbocycles. The van der Waals surface area contributed by atoms with Crippen LogP contribution in [0.5, 0.6) is 0 Å². The molecule has 2 aromatic rings. The average molecular weight is 316 g/mol. The first kappa shape index (κ1) is 12.7. The van der Waals surface area contributed by atoms with E-state index in [4.69, 9.17) is 0 Å². The summed E-state index contributed by atoms with van der Waals surface area (Å²) in [6, 6.07) is 6.04. The van der Waals surface area contributed by atoms with E-state index >= 15 is 0 Å². The van der Waals surface area contributed by atoms with Crippen LogP contribution in [-0.4, -0.2) is 10.1 Å². The molecule has 17 heavy (non-hydrogen) atoms. The normalized spacial score (nSPS) is 14.6. The van der Waals surface area contributed by atoms with Gasteiger partial charge in [0.1, 0.15) is 16.0 Å². The quantitative estimate of drug-likeness (QED) is 0.937. The van der Waals surface area contributed by atoms with Crippen LogP contribution in [0.3, 0.4) is 0 Å². The molecule has 2 nitrogen and oxygen atoms in total. The minimum atomic E-state index is -1.19. The van der Waals surface area contributed by atoms with Crippen molar-refractivity contribution in [3.8, 4) is 0 Å². The third-order valence-corrected chi connectivity index (χ3v) is 4.55. The van der Waals surface area contributed by atoms with Gasteiger partial charge in [0, 0.05) is 0 Å². The second-order valence-corrected chi connectivity index (χ2v) is 5.30. The number of aliphatic hydroxyl groups is 1. The Balaban J connectivity index is 2.55.